The third-order valence-corrected chi connectivity index (χ3v) is 4.09. The van der Waals surface area contributed by atoms with Gasteiger partial charge in [-0.25, -0.2) is 5.43 Å². The number of hydrogen-bond donors (Lipinski definition) is 1. The van der Waals surface area contributed by atoms with Crippen LogP contribution in [-0.2, 0) is 4.79 Å². The zero-order chi connectivity index (χ0) is 19.2. The summed E-state index contributed by atoms with van der Waals surface area (Å²) in [4.78, 5) is 11.9. The van der Waals surface area contributed by atoms with Gasteiger partial charge in [-0.2, -0.15) is 5.10 Å². The molecule has 0 aliphatic carbocycles. The van der Waals surface area contributed by atoms with Gasteiger partial charge < -0.3 is 9.15 Å². The fourth-order valence-corrected chi connectivity index (χ4v) is 2.52. The van der Waals surface area contributed by atoms with Crippen molar-refractivity contribution in [3.05, 3.63) is 76.5 Å². The molecule has 0 atom stereocenters. The molecular weight excluding hydrogens is 364 g/mol. The number of amides is 1. The van der Waals surface area contributed by atoms with Crippen LogP contribution in [0.3, 0.4) is 0 Å². The maximum absolute atomic E-state index is 11.9. The van der Waals surface area contributed by atoms with Gasteiger partial charge in [-0.15, -0.1) is 0 Å². The van der Waals surface area contributed by atoms with E-state index in [0.29, 0.717) is 22.3 Å². The largest absolute Gasteiger partial charge is 0.483 e. The monoisotopic (exact) mass is 382 g/mol. The van der Waals surface area contributed by atoms with Crippen molar-refractivity contribution in [3.63, 3.8) is 0 Å². The van der Waals surface area contributed by atoms with E-state index in [-0.39, 0.29) is 12.5 Å². The van der Waals surface area contributed by atoms with Crippen LogP contribution in [0.25, 0.3) is 11.3 Å². The standard InChI is InChI=1S/C21H19ClN2O3/c1-14-3-4-15(2)20(11-14)26-13-21(25)24-23-12-18-9-10-19(27-18)16-5-7-17(22)8-6-16/h3-12H,13H2,1-2H3,(H,24,25)/b23-12-. The fourth-order valence-electron chi connectivity index (χ4n) is 2.40. The first-order valence-electron chi connectivity index (χ1n) is 8.39. The van der Waals surface area contributed by atoms with Gasteiger partial charge in [0.25, 0.3) is 5.91 Å². The zero-order valence-electron chi connectivity index (χ0n) is 15.0. The van der Waals surface area contributed by atoms with E-state index in [2.05, 4.69) is 10.5 Å². The van der Waals surface area contributed by atoms with Gasteiger partial charge >= 0.3 is 0 Å². The van der Waals surface area contributed by atoms with Crippen LogP contribution >= 0.6 is 11.6 Å². The maximum atomic E-state index is 11.9. The van der Waals surface area contributed by atoms with Crippen LogP contribution in [0.5, 0.6) is 5.75 Å². The van der Waals surface area contributed by atoms with E-state index >= 15 is 0 Å². The molecule has 1 heterocycles. The van der Waals surface area contributed by atoms with Crippen LogP contribution in [0, 0.1) is 13.8 Å². The minimum absolute atomic E-state index is 0.115. The Morgan fingerprint density at radius 3 is 2.70 bits per heavy atom. The van der Waals surface area contributed by atoms with Crippen LogP contribution in [0.15, 0.2) is 64.1 Å². The molecule has 0 spiro atoms. The van der Waals surface area contributed by atoms with Gasteiger partial charge in [0.15, 0.2) is 6.61 Å². The first-order chi connectivity index (χ1) is 13.0. The van der Waals surface area contributed by atoms with Crippen LogP contribution < -0.4 is 10.2 Å². The predicted molar refractivity (Wildman–Crippen MR) is 106 cm³/mol. The molecule has 1 aromatic heterocycles. The van der Waals surface area contributed by atoms with E-state index in [4.69, 9.17) is 20.8 Å². The van der Waals surface area contributed by atoms with E-state index in [1.807, 2.05) is 50.2 Å². The van der Waals surface area contributed by atoms with Gasteiger partial charge in [0.05, 0.1) is 6.21 Å². The fraction of sp³-hybridized carbons (Fsp3) is 0.143. The topological polar surface area (TPSA) is 63.8 Å². The Morgan fingerprint density at radius 2 is 1.93 bits per heavy atom. The van der Waals surface area contributed by atoms with Crippen LogP contribution in [-0.4, -0.2) is 18.7 Å². The Morgan fingerprint density at radius 1 is 1.15 bits per heavy atom. The molecule has 0 aliphatic rings. The van der Waals surface area contributed by atoms with Gasteiger partial charge in [-0.3, -0.25) is 4.79 Å². The molecule has 2 aromatic carbocycles. The quantitative estimate of drug-likeness (QED) is 0.494. The third-order valence-electron chi connectivity index (χ3n) is 3.84. The Kier molecular flexibility index (Phi) is 5.94. The molecule has 3 aromatic rings. The van der Waals surface area contributed by atoms with Gasteiger partial charge in [0.2, 0.25) is 0 Å². The number of carbonyl (C=O) groups excluding carboxylic acids is 1. The van der Waals surface area contributed by atoms with Crippen LogP contribution in [0.1, 0.15) is 16.9 Å². The number of furan rings is 1. The molecule has 0 aliphatic heterocycles. The second kappa shape index (κ2) is 8.56. The summed E-state index contributed by atoms with van der Waals surface area (Å²) in [6.45, 7) is 3.79. The lowest BCUT2D eigenvalue weighted by molar-refractivity contribution is -0.123. The number of nitrogens with one attached hydrogen (secondary N) is 1. The lowest BCUT2D eigenvalue weighted by atomic mass is 10.1. The molecular formula is C21H19ClN2O3. The van der Waals surface area contributed by atoms with Gasteiger partial charge in [0, 0.05) is 10.6 Å². The molecule has 3 rings (SSSR count). The highest BCUT2D eigenvalue weighted by atomic mass is 35.5. The van der Waals surface area contributed by atoms with Crippen LogP contribution in [0.2, 0.25) is 5.02 Å². The van der Waals surface area contributed by atoms with Crippen molar-refractivity contribution < 1.29 is 13.9 Å². The summed E-state index contributed by atoms with van der Waals surface area (Å²) >= 11 is 5.88. The molecule has 0 radical (unpaired) electrons. The van der Waals surface area contributed by atoms with Crippen molar-refractivity contribution in [2.75, 3.05) is 6.61 Å². The summed E-state index contributed by atoms with van der Waals surface area (Å²) in [6, 6.07) is 16.8. The normalized spacial score (nSPS) is 10.9. The van der Waals surface area contributed by atoms with E-state index < -0.39 is 0 Å². The van der Waals surface area contributed by atoms with E-state index in [0.717, 1.165) is 16.7 Å². The Hall–Kier alpha value is -3.05. The highest BCUT2D eigenvalue weighted by Crippen LogP contribution is 2.23. The van der Waals surface area contributed by atoms with Gasteiger partial charge in [-0.05, 0) is 67.4 Å². The highest BCUT2D eigenvalue weighted by molar-refractivity contribution is 6.30. The summed E-state index contributed by atoms with van der Waals surface area (Å²) < 4.78 is 11.2. The number of nitrogens with zero attached hydrogens (tertiary/aromatic N) is 1. The number of hydrazone groups is 1. The molecule has 0 saturated heterocycles. The molecule has 6 heteroatoms. The lowest BCUT2D eigenvalue weighted by Gasteiger charge is -2.08. The molecule has 5 nitrogen and oxygen atoms in total. The van der Waals surface area contributed by atoms with Gasteiger partial charge in [0.1, 0.15) is 17.3 Å². The molecule has 138 valence electrons. The Balaban J connectivity index is 1.52. The number of rotatable bonds is 6. The molecule has 1 N–H and O–H groups in total. The lowest BCUT2D eigenvalue weighted by Crippen LogP contribution is -2.24. The molecule has 1 amide bonds. The van der Waals surface area contributed by atoms with Crippen molar-refractivity contribution in [2.24, 2.45) is 5.10 Å². The maximum Gasteiger partial charge on any atom is 0.277 e. The minimum Gasteiger partial charge on any atom is -0.483 e. The molecule has 0 saturated carbocycles. The van der Waals surface area contributed by atoms with Crippen molar-refractivity contribution in [1.29, 1.82) is 0 Å². The second-order valence-electron chi connectivity index (χ2n) is 6.06. The average molecular weight is 383 g/mol. The van der Waals surface area contributed by atoms with E-state index in [1.165, 1.54) is 6.21 Å². The molecule has 27 heavy (non-hydrogen) atoms. The number of hydrogen-bond acceptors (Lipinski definition) is 4. The Labute approximate surface area is 162 Å². The Bertz CT molecular complexity index is 962. The molecule has 0 unspecified atom stereocenters. The number of ether oxygens (including phenoxy) is 1. The number of halogens is 1. The summed E-state index contributed by atoms with van der Waals surface area (Å²) in [5.74, 6) is 1.55. The molecule has 0 bridgehead atoms. The van der Waals surface area contributed by atoms with Gasteiger partial charge in [-0.1, -0.05) is 23.7 Å². The summed E-state index contributed by atoms with van der Waals surface area (Å²) in [5.41, 5.74) is 5.37. The average Bonchev–Trinajstić information content (AvgIpc) is 3.12. The number of aryl methyl sites for hydroxylation is 2. The van der Waals surface area contributed by atoms with Crippen molar-refractivity contribution in [3.8, 4) is 17.1 Å². The first-order valence-corrected chi connectivity index (χ1v) is 8.77. The van der Waals surface area contributed by atoms with E-state index in [1.54, 1.807) is 18.2 Å². The predicted octanol–water partition coefficient (Wildman–Crippen LogP) is 4.75. The number of carbonyl (C=O) groups is 1. The van der Waals surface area contributed by atoms with Crippen LogP contribution in [0.4, 0.5) is 0 Å². The molecule has 0 fully saturated rings. The summed E-state index contributed by atoms with van der Waals surface area (Å²) in [7, 11) is 0. The smallest absolute Gasteiger partial charge is 0.277 e. The number of benzene rings is 2. The highest BCUT2D eigenvalue weighted by Gasteiger charge is 2.06. The first kappa shape index (κ1) is 18.7. The third kappa shape index (κ3) is 5.21. The minimum atomic E-state index is -0.350. The zero-order valence-corrected chi connectivity index (χ0v) is 15.8. The van der Waals surface area contributed by atoms with Crippen molar-refractivity contribution in [2.45, 2.75) is 13.8 Å². The SMILES string of the molecule is Cc1ccc(C)c(OCC(=O)N/N=C\c2ccc(-c3ccc(Cl)cc3)o2)c1. The second-order valence-corrected chi connectivity index (χ2v) is 6.50. The summed E-state index contributed by atoms with van der Waals surface area (Å²) in [5, 5.41) is 4.56. The van der Waals surface area contributed by atoms with Crippen molar-refractivity contribution >= 4 is 23.7 Å². The van der Waals surface area contributed by atoms with Crippen molar-refractivity contribution in [1.82, 2.24) is 5.43 Å². The summed E-state index contributed by atoms with van der Waals surface area (Å²) in [6.07, 6.45) is 1.44. The van der Waals surface area contributed by atoms with E-state index in [9.17, 15) is 4.79 Å².